The Bertz CT molecular complexity index is 794. The predicted molar refractivity (Wildman–Crippen MR) is 98.1 cm³/mol. The largest absolute Gasteiger partial charge is 0.492 e. The van der Waals surface area contributed by atoms with E-state index in [2.05, 4.69) is 20.9 Å². The zero-order chi connectivity index (χ0) is 17.8. The first kappa shape index (κ1) is 17.5. The third kappa shape index (κ3) is 4.02. The maximum Gasteiger partial charge on any atom is 0.147 e. The number of halogens is 1. The standard InChI is InChI=1S/C19H21ClN4O/c1-13-9-14(2)23-19(16(13)10-21)24-7-4-15(5-8-24)12-25-18-3-6-22-11-17(18)20/h3,6,9,11,15H,4-5,7-8,12H2,1-2H3. The Kier molecular flexibility index (Phi) is 5.40. The molecule has 0 saturated carbocycles. The van der Waals surface area contributed by atoms with Gasteiger partial charge in [-0.1, -0.05) is 11.6 Å². The van der Waals surface area contributed by atoms with Gasteiger partial charge in [-0.15, -0.1) is 0 Å². The fourth-order valence-electron chi connectivity index (χ4n) is 3.18. The number of nitriles is 1. The Hall–Kier alpha value is -2.32. The van der Waals surface area contributed by atoms with Crippen molar-refractivity contribution in [2.45, 2.75) is 26.7 Å². The predicted octanol–water partition coefficient (Wildman–Crippen LogP) is 3.91. The number of aryl methyl sites for hydroxylation is 2. The zero-order valence-corrected chi connectivity index (χ0v) is 15.3. The van der Waals surface area contributed by atoms with Crippen LogP contribution in [0.4, 0.5) is 5.82 Å². The molecule has 130 valence electrons. The van der Waals surface area contributed by atoms with E-state index in [1.54, 1.807) is 18.5 Å². The maximum absolute atomic E-state index is 9.45. The molecular formula is C19H21ClN4O. The van der Waals surface area contributed by atoms with Crippen LogP contribution in [0.2, 0.25) is 5.02 Å². The first-order chi connectivity index (χ1) is 12.1. The average Bonchev–Trinajstić information content (AvgIpc) is 2.61. The van der Waals surface area contributed by atoms with Crippen molar-refractivity contribution >= 4 is 17.4 Å². The van der Waals surface area contributed by atoms with E-state index in [1.807, 2.05) is 19.9 Å². The van der Waals surface area contributed by atoms with Crippen LogP contribution in [-0.2, 0) is 0 Å². The second-order valence-corrected chi connectivity index (χ2v) is 6.85. The molecule has 6 heteroatoms. The highest BCUT2D eigenvalue weighted by Crippen LogP contribution is 2.28. The molecule has 5 nitrogen and oxygen atoms in total. The van der Waals surface area contributed by atoms with Crippen LogP contribution in [-0.4, -0.2) is 29.7 Å². The Morgan fingerprint density at radius 2 is 2.12 bits per heavy atom. The lowest BCUT2D eigenvalue weighted by molar-refractivity contribution is 0.222. The van der Waals surface area contributed by atoms with E-state index >= 15 is 0 Å². The first-order valence-corrected chi connectivity index (χ1v) is 8.82. The van der Waals surface area contributed by atoms with E-state index in [0.29, 0.717) is 28.9 Å². The molecule has 0 spiro atoms. The van der Waals surface area contributed by atoms with Gasteiger partial charge in [-0.05, 0) is 44.2 Å². The van der Waals surface area contributed by atoms with Gasteiger partial charge in [0, 0.05) is 37.2 Å². The number of rotatable bonds is 4. The van der Waals surface area contributed by atoms with Gasteiger partial charge in [0.15, 0.2) is 0 Å². The lowest BCUT2D eigenvalue weighted by Gasteiger charge is -2.33. The van der Waals surface area contributed by atoms with Crippen molar-refractivity contribution in [3.8, 4) is 11.8 Å². The number of hydrogen-bond donors (Lipinski definition) is 0. The topological polar surface area (TPSA) is 62.0 Å². The lowest BCUT2D eigenvalue weighted by atomic mass is 9.97. The molecule has 0 atom stereocenters. The summed E-state index contributed by atoms with van der Waals surface area (Å²) in [6, 6.07) is 6.05. The van der Waals surface area contributed by atoms with Gasteiger partial charge in [0.2, 0.25) is 0 Å². The fourth-order valence-corrected chi connectivity index (χ4v) is 3.36. The molecule has 3 heterocycles. The smallest absolute Gasteiger partial charge is 0.147 e. The number of hydrogen-bond acceptors (Lipinski definition) is 5. The molecule has 0 aromatic carbocycles. The highest BCUT2D eigenvalue weighted by Gasteiger charge is 2.23. The summed E-state index contributed by atoms with van der Waals surface area (Å²) in [6.45, 7) is 6.33. The number of aromatic nitrogens is 2. The van der Waals surface area contributed by atoms with Crippen LogP contribution >= 0.6 is 11.6 Å². The molecule has 2 aromatic rings. The molecule has 0 bridgehead atoms. The van der Waals surface area contributed by atoms with Crippen molar-refractivity contribution in [2.24, 2.45) is 5.92 Å². The highest BCUT2D eigenvalue weighted by molar-refractivity contribution is 6.31. The third-order valence-corrected chi connectivity index (χ3v) is 4.85. The van der Waals surface area contributed by atoms with E-state index < -0.39 is 0 Å². The molecular weight excluding hydrogens is 336 g/mol. The van der Waals surface area contributed by atoms with Crippen LogP contribution in [0, 0.1) is 31.1 Å². The van der Waals surface area contributed by atoms with Crippen LogP contribution in [0.1, 0.15) is 29.7 Å². The van der Waals surface area contributed by atoms with Crippen molar-refractivity contribution in [3.63, 3.8) is 0 Å². The normalized spacial score (nSPS) is 15.0. The van der Waals surface area contributed by atoms with Crippen LogP contribution in [0.15, 0.2) is 24.5 Å². The van der Waals surface area contributed by atoms with Crippen molar-refractivity contribution in [1.82, 2.24) is 9.97 Å². The van der Waals surface area contributed by atoms with Crippen LogP contribution < -0.4 is 9.64 Å². The Balaban J connectivity index is 1.61. The fraction of sp³-hybridized carbons (Fsp3) is 0.421. The molecule has 0 radical (unpaired) electrons. The van der Waals surface area contributed by atoms with E-state index in [9.17, 15) is 5.26 Å². The molecule has 2 aromatic heterocycles. The monoisotopic (exact) mass is 356 g/mol. The SMILES string of the molecule is Cc1cc(C)c(C#N)c(N2CCC(COc3ccncc3Cl)CC2)n1. The minimum Gasteiger partial charge on any atom is -0.492 e. The summed E-state index contributed by atoms with van der Waals surface area (Å²) >= 11 is 6.07. The molecule has 1 fully saturated rings. The summed E-state index contributed by atoms with van der Waals surface area (Å²) in [5, 5.41) is 9.99. The molecule has 1 aliphatic heterocycles. The van der Waals surface area contributed by atoms with Gasteiger partial charge in [0.05, 0.1) is 12.2 Å². The summed E-state index contributed by atoms with van der Waals surface area (Å²) < 4.78 is 5.84. The van der Waals surface area contributed by atoms with E-state index in [0.717, 1.165) is 43.0 Å². The van der Waals surface area contributed by atoms with Gasteiger partial charge >= 0.3 is 0 Å². The number of pyridine rings is 2. The van der Waals surface area contributed by atoms with Gasteiger partial charge < -0.3 is 9.64 Å². The van der Waals surface area contributed by atoms with E-state index in [4.69, 9.17) is 16.3 Å². The Morgan fingerprint density at radius 3 is 2.80 bits per heavy atom. The summed E-state index contributed by atoms with van der Waals surface area (Å²) in [5.41, 5.74) is 2.62. The van der Waals surface area contributed by atoms with Crippen molar-refractivity contribution in [1.29, 1.82) is 5.26 Å². The quantitative estimate of drug-likeness (QED) is 0.831. The van der Waals surface area contributed by atoms with Crippen LogP contribution in [0.5, 0.6) is 5.75 Å². The van der Waals surface area contributed by atoms with Gasteiger partial charge in [-0.3, -0.25) is 4.98 Å². The maximum atomic E-state index is 9.45. The Morgan fingerprint density at radius 1 is 1.36 bits per heavy atom. The minimum atomic E-state index is 0.469. The molecule has 0 N–H and O–H groups in total. The van der Waals surface area contributed by atoms with Crippen LogP contribution in [0.3, 0.4) is 0 Å². The van der Waals surface area contributed by atoms with Gasteiger partial charge in [0.25, 0.3) is 0 Å². The number of piperidine rings is 1. The summed E-state index contributed by atoms with van der Waals surface area (Å²) in [7, 11) is 0. The summed E-state index contributed by atoms with van der Waals surface area (Å²) in [4.78, 5) is 10.8. The summed E-state index contributed by atoms with van der Waals surface area (Å²) in [5.74, 6) is 1.97. The van der Waals surface area contributed by atoms with Crippen molar-refractivity contribution in [3.05, 3.63) is 46.4 Å². The second kappa shape index (κ2) is 7.71. The second-order valence-electron chi connectivity index (χ2n) is 6.44. The van der Waals surface area contributed by atoms with Gasteiger partial charge in [-0.25, -0.2) is 4.98 Å². The number of nitrogens with zero attached hydrogens (tertiary/aromatic N) is 4. The van der Waals surface area contributed by atoms with Crippen molar-refractivity contribution < 1.29 is 4.74 Å². The molecule has 3 rings (SSSR count). The Labute approximate surface area is 153 Å². The average molecular weight is 357 g/mol. The van der Waals surface area contributed by atoms with E-state index in [1.165, 1.54) is 0 Å². The summed E-state index contributed by atoms with van der Waals surface area (Å²) in [6.07, 6.45) is 5.28. The van der Waals surface area contributed by atoms with Crippen molar-refractivity contribution in [2.75, 3.05) is 24.6 Å². The minimum absolute atomic E-state index is 0.469. The van der Waals surface area contributed by atoms with Crippen LogP contribution in [0.25, 0.3) is 0 Å². The van der Waals surface area contributed by atoms with E-state index in [-0.39, 0.29) is 0 Å². The first-order valence-electron chi connectivity index (χ1n) is 8.44. The molecule has 0 unspecified atom stereocenters. The van der Waals surface area contributed by atoms with Gasteiger partial charge in [0.1, 0.15) is 22.7 Å². The molecule has 25 heavy (non-hydrogen) atoms. The number of anilines is 1. The highest BCUT2D eigenvalue weighted by atomic mass is 35.5. The zero-order valence-electron chi connectivity index (χ0n) is 14.5. The molecule has 0 aliphatic carbocycles. The molecule has 0 amide bonds. The molecule has 1 saturated heterocycles. The lowest BCUT2D eigenvalue weighted by Crippen LogP contribution is -2.36. The van der Waals surface area contributed by atoms with Gasteiger partial charge in [-0.2, -0.15) is 5.26 Å². The number of ether oxygens (including phenoxy) is 1. The molecule has 1 aliphatic rings. The third-order valence-electron chi connectivity index (χ3n) is 4.56.